The van der Waals surface area contributed by atoms with Gasteiger partial charge in [0.05, 0.1) is 6.04 Å². The number of hydrogen-bond donors (Lipinski definition) is 1. The minimum atomic E-state index is -0.0640. The highest BCUT2D eigenvalue weighted by Gasteiger charge is 2.24. The number of carbonyl (C=O) groups is 1. The summed E-state index contributed by atoms with van der Waals surface area (Å²) < 4.78 is 0. The van der Waals surface area contributed by atoms with Crippen LogP contribution in [0.2, 0.25) is 0 Å². The van der Waals surface area contributed by atoms with E-state index in [-0.39, 0.29) is 11.9 Å². The van der Waals surface area contributed by atoms with E-state index in [2.05, 4.69) is 52.2 Å². The molecule has 23 heavy (non-hydrogen) atoms. The second kappa shape index (κ2) is 7.79. The number of likely N-dealkylation sites (N-methyl/N-ethyl adjacent to an activating group) is 1. The van der Waals surface area contributed by atoms with Crippen LogP contribution in [0.1, 0.15) is 18.1 Å². The van der Waals surface area contributed by atoms with Crippen LogP contribution < -0.4 is 10.2 Å². The molecule has 1 aliphatic rings. The molecule has 1 saturated heterocycles. The zero-order valence-corrected chi connectivity index (χ0v) is 15.1. The zero-order valence-electron chi connectivity index (χ0n) is 15.1. The Balaban J connectivity index is 1.87. The van der Waals surface area contributed by atoms with Gasteiger partial charge in [-0.3, -0.25) is 9.69 Å². The fourth-order valence-corrected chi connectivity index (χ4v) is 3.04. The first-order chi connectivity index (χ1) is 10.9. The van der Waals surface area contributed by atoms with E-state index in [1.165, 1.54) is 11.3 Å². The summed E-state index contributed by atoms with van der Waals surface area (Å²) in [6.45, 7) is 8.68. The summed E-state index contributed by atoms with van der Waals surface area (Å²) in [6.07, 6.45) is 0. The lowest BCUT2D eigenvalue weighted by Gasteiger charge is -2.35. The molecule has 0 bridgehead atoms. The van der Waals surface area contributed by atoms with Crippen LogP contribution in [0.15, 0.2) is 18.2 Å². The average molecular weight is 318 g/mol. The van der Waals surface area contributed by atoms with Gasteiger partial charge >= 0.3 is 0 Å². The summed E-state index contributed by atoms with van der Waals surface area (Å²) in [7, 11) is 6.21. The molecule has 1 amide bonds. The smallest absolute Gasteiger partial charge is 0.237 e. The van der Waals surface area contributed by atoms with Crippen molar-refractivity contribution in [1.82, 2.24) is 15.1 Å². The second-order valence-corrected chi connectivity index (χ2v) is 6.75. The van der Waals surface area contributed by atoms with Crippen molar-refractivity contribution in [2.45, 2.75) is 26.4 Å². The van der Waals surface area contributed by atoms with Gasteiger partial charge in [-0.2, -0.15) is 0 Å². The maximum absolute atomic E-state index is 12.4. The number of piperazine rings is 1. The molecule has 0 aromatic heterocycles. The average Bonchev–Trinajstić information content (AvgIpc) is 2.52. The van der Waals surface area contributed by atoms with Crippen molar-refractivity contribution >= 4 is 11.6 Å². The molecule has 1 aromatic carbocycles. The number of carbonyl (C=O) groups excluding carboxylic acids is 1. The largest absolute Gasteiger partial charge is 0.377 e. The molecule has 1 unspecified atom stereocenters. The molecule has 0 aliphatic carbocycles. The van der Waals surface area contributed by atoms with Crippen LogP contribution in [0.25, 0.3) is 0 Å². The molecule has 128 valence electrons. The molecule has 1 fully saturated rings. The zero-order chi connectivity index (χ0) is 17.0. The number of amides is 1. The van der Waals surface area contributed by atoms with Gasteiger partial charge < -0.3 is 15.1 Å². The standard InChI is InChI=1S/C18H30N4O/c1-14-12-16(6-7-17(14)20(3)4)13-19-18(23)15(2)22-10-8-21(5)9-11-22/h6-7,12,15H,8-11,13H2,1-5H3,(H,19,23). The molecule has 1 atom stereocenters. The topological polar surface area (TPSA) is 38.8 Å². The lowest BCUT2D eigenvalue weighted by atomic mass is 10.1. The highest BCUT2D eigenvalue weighted by atomic mass is 16.2. The lowest BCUT2D eigenvalue weighted by molar-refractivity contribution is -0.126. The van der Waals surface area contributed by atoms with Crippen LogP contribution in [0.4, 0.5) is 5.69 Å². The fourth-order valence-electron chi connectivity index (χ4n) is 3.04. The van der Waals surface area contributed by atoms with Gasteiger partial charge in [-0.15, -0.1) is 0 Å². The van der Waals surface area contributed by atoms with Crippen LogP contribution in [0, 0.1) is 6.92 Å². The summed E-state index contributed by atoms with van der Waals surface area (Å²) in [5.41, 5.74) is 3.59. The Bertz CT molecular complexity index is 536. The number of anilines is 1. The van der Waals surface area contributed by atoms with Crippen LogP contribution in [-0.4, -0.2) is 69.1 Å². The molecule has 5 heteroatoms. The maximum atomic E-state index is 12.4. The molecule has 2 rings (SSSR count). The minimum Gasteiger partial charge on any atom is -0.377 e. The lowest BCUT2D eigenvalue weighted by Crippen LogP contribution is -2.52. The van der Waals surface area contributed by atoms with Gasteiger partial charge in [0.15, 0.2) is 0 Å². The molecular weight excluding hydrogens is 288 g/mol. The van der Waals surface area contributed by atoms with Crippen molar-refractivity contribution in [1.29, 1.82) is 0 Å². The van der Waals surface area contributed by atoms with Gasteiger partial charge in [-0.1, -0.05) is 12.1 Å². The first-order valence-electron chi connectivity index (χ1n) is 8.35. The van der Waals surface area contributed by atoms with Crippen molar-refractivity contribution in [3.63, 3.8) is 0 Å². The highest BCUT2D eigenvalue weighted by molar-refractivity contribution is 5.81. The summed E-state index contributed by atoms with van der Waals surface area (Å²) in [4.78, 5) is 19.0. The summed E-state index contributed by atoms with van der Waals surface area (Å²) >= 11 is 0. The summed E-state index contributed by atoms with van der Waals surface area (Å²) in [5, 5.41) is 3.08. The first kappa shape index (κ1) is 17.8. The van der Waals surface area contributed by atoms with E-state index in [1.807, 2.05) is 21.0 Å². The van der Waals surface area contributed by atoms with Crippen molar-refractivity contribution in [2.24, 2.45) is 0 Å². The van der Waals surface area contributed by atoms with E-state index in [1.54, 1.807) is 0 Å². The normalized spacial score (nSPS) is 17.8. The van der Waals surface area contributed by atoms with Gasteiger partial charge in [0.1, 0.15) is 0 Å². The van der Waals surface area contributed by atoms with Gasteiger partial charge in [0.2, 0.25) is 5.91 Å². The third-order valence-corrected chi connectivity index (χ3v) is 4.67. The van der Waals surface area contributed by atoms with Crippen molar-refractivity contribution in [3.8, 4) is 0 Å². The van der Waals surface area contributed by atoms with Crippen molar-refractivity contribution < 1.29 is 4.79 Å². The Hall–Kier alpha value is -1.59. The van der Waals surface area contributed by atoms with Crippen molar-refractivity contribution in [2.75, 3.05) is 52.2 Å². The van der Waals surface area contributed by atoms with Gasteiger partial charge in [-0.25, -0.2) is 0 Å². The van der Waals surface area contributed by atoms with Gasteiger partial charge in [0, 0.05) is 52.5 Å². The monoisotopic (exact) mass is 318 g/mol. The number of aryl methyl sites for hydroxylation is 1. The molecule has 0 radical (unpaired) electrons. The van der Waals surface area contributed by atoms with E-state index >= 15 is 0 Å². The molecule has 1 aliphatic heterocycles. The minimum absolute atomic E-state index is 0.0640. The highest BCUT2D eigenvalue weighted by Crippen LogP contribution is 2.19. The van der Waals surface area contributed by atoms with E-state index in [9.17, 15) is 4.79 Å². The van der Waals surface area contributed by atoms with Crippen LogP contribution in [0.5, 0.6) is 0 Å². The third-order valence-electron chi connectivity index (χ3n) is 4.67. The molecule has 0 saturated carbocycles. The van der Waals surface area contributed by atoms with Crippen LogP contribution in [0.3, 0.4) is 0 Å². The number of benzene rings is 1. The Morgan fingerprint density at radius 2 is 1.91 bits per heavy atom. The number of hydrogen-bond acceptors (Lipinski definition) is 4. The predicted molar refractivity (Wildman–Crippen MR) is 95.9 cm³/mol. The first-order valence-corrected chi connectivity index (χ1v) is 8.35. The van der Waals surface area contributed by atoms with E-state index in [0.717, 1.165) is 31.7 Å². The molecule has 1 heterocycles. The molecule has 1 aromatic rings. The predicted octanol–water partition coefficient (Wildman–Crippen LogP) is 1.31. The fraction of sp³-hybridized carbons (Fsp3) is 0.611. The Labute approximate surface area is 140 Å². The molecule has 5 nitrogen and oxygen atoms in total. The van der Waals surface area contributed by atoms with E-state index in [4.69, 9.17) is 0 Å². The van der Waals surface area contributed by atoms with Crippen LogP contribution in [-0.2, 0) is 11.3 Å². The number of nitrogens with one attached hydrogen (secondary N) is 1. The van der Waals surface area contributed by atoms with Crippen molar-refractivity contribution in [3.05, 3.63) is 29.3 Å². The summed E-state index contributed by atoms with van der Waals surface area (Å²) in [5.74, 6) is 0.115. The quantitative estimate of drug-likeness (QED) is 0.888. The Morgan fingerprint density at radius 1 is 1.26 bits per heavy atom. The maximum Gasteiger partial charge on any atom is 0.237 e. The van der Waals surface area contributed by atoms with E-state index in [0.29, 0.717) is 6.54 Å². The molecular formula is C18H30N4O. The second-order valence-electron chi connectivity index (χ2n) is 6.75. The third kappa shape index (κ3) is 4.69. The SMILES string of the molecule is Cc1cc(CNC(=O)C(C)N2CCN(C)CC2)ccc1N(C)C. The molecule has 0 spiro atoms. The summed E-state index contributed by atoms with van der Waals surface area (Å²) in [6, 6.07) is 6.28. The van der Waals surface area contributed by atoms with Crippen LogP contribution >= 0.6 is 0 Å². The Kier molecular flexibility index (Phi) is 6.02. The Morgan fingerprint density at radius 3 is 2.48 bits per heavy atom. The molecule has 1 N–H and O–H groups in total. The number of nitrogens with zero attached hydrogens (tertiary/aromatic N) is 3. The van der Waals surface area contributed by atoms with Gasteiger partial charge in [-0.05, 0) is 38.1 Å². The van der Waals surface area contributed by atoms with Gasteiger partial charge in [0.25, 0.3) is 0 Å². The van der Waals surface area contributed by atoms with E-state index < -0.39 is 0 Å². The number of rotatable bonds is 5.